The summed E-state index contributed by atoms with van der Waals surface area (Å²) >= 11 is 0. The van der Waals surface area contributed by atoms with Crippen LogP contribution in [0.4, 0.5) is 0 Å². The lowest BCUT2D eigenvalue weighted by atomic mass is 10.1. The fourth-order valence-corrected chi connectivity index (χ4v) is 3.44. The first-order valence-electron chi connectivity index (χ1n) is 9.06. The van der Waals surface area contributed by atoms with E-state index in [0.29, 0.717) is 18.9 Å². The van der Waals surface area contributed by atoms with Crippen molar-refractivity contribution in [3.05, 3.63) is 54.1 Å². The third kappa shape index (κ3) is 7.82. The van der Waals surface area contributed by atoms with Crippen molar-refractivity contribution in [3.8, 4) is 0 Å². The molecule has 0 saturated carbocycles. The Kier molecular flexibility index (Phi) is 7.84. The number of rotatable bonds is 9. The second-order valence-electron chi connectivity index (χ2n) is 6.66. The van der Waals surface area contributed by atoms with E-state index in [1.54, 1.807) is 13.2 Å². The van der Waals surface area contributed by atoms with Gasteiger partial charge < -0.3 is 15.2 Å². The van der Waals surface area contributed by atoms with Gasteiger partial charge in [-0.25, -0.2) is 13.4 Å². The van der Waals surface area contributed by atoms with Gasteiger partial charge in [0.15, 0.2) is 5.96 Å². The average molecular weight is 392 g/mol. The summed E-state index contributed by atoms with van der Waals surface area (Å²) in [5.41, 5.74) is 1.29. The number of hydrogen-bond donors (Lipinski definition) is 2. The standard InChI is InChI=1S/C19H29N5O2S/c1-16(10-14-27(3,25)26)23-19(20-2)22-15-18-21-11-13-24(18)12-9-17-7-5-4-6-8-17/h4-8,11,13,16H,9-10,12,14-15H2,1-3H3,(H2,20,22,23). The molecule has 1 unspecified atom stereocenters. The molecule has 2 rings (SSSR count). The Balaban J connectivity index is 1.83. The first-order valence-corrected chi connectivity index (χ1v) is 11.1. The summed E-state index contributed by atoms with van der Waals surface area (Å²) in [6.07, 6.45) is 6.50. The summed E-state index contributed by atoms with van der Waals surface area (Å²) in [7, 11) is -1.26. The minimum atomic E-state index is -2.96. The van der Waals surface area contributed by atoms with E-state index in [1.807, 2.05) is 31.3 Å². The lowest BCUT2D eigenvalue weighted by Gasteiger charge is -2.18. The first kappa shape index (κ1) is 21.0. The zero-order chi connectivity index (χ0) is 19.7. The van der Waals surface area contributed by atoms with Gasteiger partial charge in [-0.2, -0.15) is 0 Å². The van der Waals surface area contributed by atoms with Crippen LogP contribution in [0.3, 0.4) is 0 Å². The number of aromatic nitrogens is 2. The number of guanidine groups is 1. The zero-order valence-corrected chi connectivity index (χ0v) is 17.0. The molecule has 8 heteroatoms. The van der Waals surface area contributed by atoms with Crippen molar-refractivity contribution in [1.29, 1.82) is 0 Å². The highest BCUT2D eigenvalue weighted by atomic mass is 32.2. The summed E-state index contributed by atoms with van der Waals surface area (Å²) in [6, 6.07) is 10.4. The van der Waals surface area contributed by atoms with Gasteiger partial charge in [-0.15, -0.1) is 0 Å². The second-order valence-corrected chi connectivity index (χ2v) is 8.92. The number of hydrogen-bond acceptors (Lipinski definition) is 4. The fraction of sp³-hybridized carbons (Fsp3) is 0.474. The zero-order valence-electron chi connectivity index (χ0n) is 16.2. The summed E-state index contributed by atoms with van der Waals surface area (Å²) in [6.45, 7) is 3.34. The number of nitrogens with one attached hydrogen (secondary N) is 2. The lowest BCUT2D eigenvalue weighted by molar-refractivity contribution is 0.579. The van der Waals surface area contributed by atoms with Gasteiger partial charge in [0.1, 0.15) is 15.7 Å². The van der Waals surface area contributed by atoms with Crippen molar-refractivity contribution in [2.75, 3.05) is 19.1 Å². The number of imidazole rings is 1. The van der Waals surface area contributed by atoms with Crippen molar-refractivity contribution in [3.63, 3.8) is 0 Å². The van der Waals surface area contributed by atoms with Crippen LogP contribution in [-0.4, -0.2) is 49.0 Å². The monoisotopic (exact) mass is 391 g/mol. The van der Waals surface area contributed by atoms with Gasteiger partial charge >= 0.3 is 0 Å². The maximum Gasteiger partial charge on any atom is 0.191 e. The van der Waals surface area contributed by atoms with Crippen LogP contribution in [0, 0.1) is 0 Å². The Morgan fingerprint density at radius 2 is 2.04 bits per heavy atom. The average Bonchev–Trinajstić information content (AvgIpc) is 3.09. The van der Waals surface area contributed by atoms with Gasteiger partial charge in [-0.3, -0.25) is 4.99 Å². The SMILES string of the molecule is CN=C(NCc1nccn1CCc1ccccc1)NC(C)CCS(C)(=O)=O. The maximum absolute atomic E-state index is 11.3. The van der Waals surface area contributed by atoms with Gasteiger partial charge in [0.05, 0.1) is 12.3 Å². The number of benzene rings is 1. The molecule has 0 aliphatic carbocycles. The number of aliphatic imine (C=N–C) groups is 1. The molecule has 0 spiro atoms. The molecule has 1 aromatic carbocycles. The van der Waals surface area contributed by atoms with E-state index >= 15 is 0 Å². The van der Waals surface area contributed by atoms with Crippen LogP contribution < -0.4 is 10.6 Å². The third-order valence-electron chi connectivity index (χ3n) is 4.23. The molecule has 0 bridgehead atoms. The van der Waals surface area contributed by atoms with Crippen molar-refractivity contribution < 1.29 is 8.42 Å². The molecule has 27 heavy (non-hydrogen) atoms. The molecule has 7 nitrogen and oxygen atoms in total. The third-order valence-corrected chi connectivity index (χ3v) is 5.21. The van der Waals surface area contributed by atoms with Crippen LogP contribution in [0.5, 0.6) is 0 Å². The Hall–Kier alpha value is -2.35. The molecule has 0 aliphatic heterocycles. The molecule has 148 valence electrons. The minimum Gasteiger partial charge on any atom is -0.354 e. The molecular weight excluding hydrogens is 362 g/mol. The Labute approximate surface area is 161 Å². The summed E-state index contributed by atoms with van der Waals surface area (Å²) in [5.74, 6) is 1.72. The van der Waals surface area contributed by atoms with Gasteiger partial charge in [-0.05, 0) is 25.3 Å². The van der Waals surface area contributed by atoms with Crippen molar-refractivity contribution in [2.24, 2.45) is 4.99 Å². The molecule has 0 radical (unpaired) electrons. The minimum absolute atomic E-state index is 0.00347. The van der Waals surface area contributed by atoms with Crippen LogP contribution in [0.25, 0.3) is 0 Å². The Morgan fingerprint density at radius 1 is 1.30 bits per heavy atom. The Bertz CT molecular complexity index is 831. The molecule has 2 N–H and O–H groups in total. The molecule has 0 fully saturated rings. The molecular formula is C19H29N5O2S. The molecule has 0 amide bonds. The van der Waals surface area contributed by atoms with Crippen LogP contribution in [0.1, 0.15) is 24.7 Å². The molecule has 2 aromatic rings. The topological polar surface area (TPSA) is 88.4 Å². The van der Waals surface area contributed by atoms with Gasteiger partial charge in [0, 0.05) is 38.3 Å². The van der Waals surface area contributed by atoms with Gasteiger partial charge in [-0.1, -0.05) is 30.3 Å². The van der Waals surface area contributed by atoms with Gasteiger partial charge in [0.25, 0.3) is 0 Å². The molecule has 0 aliphatic rings. The van der Waals surface area contributed by atoms with Crippen LogP contribution in [-0.2, 0) is 29.3 Å². The van der Waals surface area contributed by atoms with E-state index in [0.717, 1.165) is 18.8 Å². The lowest BCUT2D eigenvalue weighted by Crippen LogP contribution is -2.42. The van der Waals surface area contributed by atoms with Crippen LogP contribution in [0.15, 0.2) is 47.7 Å². The summed E-state index contributed by atoms with van der Waals surface area (Å²) in [5, 5.41) is 6.46. The molecule has 1 heterocycles. The van der Waals surface area contributed by atoms with E-state index in [4.69, 9.17) is 0 Å². The smallest absolute Gasteiger partial charge is 0.191 e. The van der Waals surface area contributed by atoms with Crippen LogP contribution in [0.2, 0.25) is 0 Å². The highest BCUT2D eigenvalue weighted by Gasteiger charge is 2.10. The van der Waals surface area contributed by atoms with Crippen molar-refractivity contribution in [2.45, 2.75) is 38.9 Å². The predicted molar refractivity (Wildman–Crippen MR) is 109 cm³/mol. The molecule has 1 atom stereocenters. The van der Waals surface area contributed by atoms with E-state index in [9.17, 15) is 8.42 Å². The van der Waals surface area contributed by atoms with Crippen molar-refractivity contribution >= 4 is 15.8 Å². The highest BCUT2D eigenvalue weighted by molar-refractivity contribution is 7.90. The number of sulfone groups is 1. The van der Waals surface area contributed by atoms with Crippen molar-refractivity contribution in [1.82, 2.24) is 20.2 Å². The normalized spacial score (nSPS) is 13.4. The molecule has 0 saturated heterocycles. The largest absolute Gasteiger partial charge is 0.354 e. The van der Waals surface area contributed by atoms with E-state index in [2.05, 4.69) is 37.3 Å². The fourth-order valence-electron chi connectivity index (χ4n) is 2.66. The van der Waals surface area contributed by atoms with Gasteiger partial charge in [0.2, 0.25) is 0 Å². The van der Waals surface area contributed by atoms with Crippen LogP contribution >= 0.6 is 0 Å². The Morgan fingerprint density at radius 3 is 2.70 bits per heavy atom. The summed E-state index contributed by atoms with van der Waals surface area (Å²) < 4.78 is 24.7. The quantitative estimate of drug-likeness (QED) is 0.501. The summed E-state index contributed by atoms with van der Waals surface area (Å²) in [4.78, 5) is 8.62. The predicted octanol–water partition coefficient (Wildman–Crippen LogP) is 1.61. The second kappa shape index (κ2) is 10.1. The van der Waals surface area contributed by atoms with E-state index < -0.39 is 9.84 Å². The van der Waals surface area contributed by atoms with E-state index in [-0.39, 0.29) is 11.8 Å². The highest BCUT2D eigenvalue weighted by Crippen LogP contribution is 2.04. The molecule has 1 aromatic heterocycles. The first-order chi connectivity index (χ1) is 12.9. The maximum atomic E-state index is 11.3. The number of aryl methyl sites for hydroxylation is 2. The number of nitrogens with zero attached hydrogens (tertiary/aromatic N) is 3. The van der Waals surface area contributed by atoms with E-state index in [1.165, 1.54) is 11.8 Å².